The van der Waals surface area contributed by atoms with Crippen molar-refractivity contribution in [3.8, 4) is 11.5 Å². The minimum absolute atomic E-state index is 0. The molecule has 0 radical (unpaired) electrons. The van der Waals surface area contributed by atoms with Gasteiger partial charge in [0.2, 0.25) is 12.3 Å². The zero-order valence-electron chi connectivity index (χ0n) is 9.45. The maximum Gasteiger partial charge on any atom is 0.231 e. The summed E-state index contributed by atoms with van der Waals surface area (Å²) in [6.45, 7) is 0.152. The maximum absolute atomic E-state index is 11.9. The molecular formula is C13H12ClNO3. The molecule has 94 valence electrons. The Morgan fingerprint density at radius 3 is 2.39 bits per heavy atom. The molecule has 1 aromatic carbocycles. The molecule has 2 aromatic rings. The first-order chi connectivity index (χ1) is 8.16. The number of aromatic hydroxyl groups is 2. The van der Waals surface area contributed by atoms with Gasteiger partial charge in [0.15, 0.2) is 12.4 Å². The smallest absolute Gasteiger partial charge is 0.231 e. The summed E-state index contributed by atoms with van der Waals surface area (Å²) in [4.78, 5) is 11.9. The van der Waals surface area contributed by atoms with E-state index in [9.17, 15) is 9.90 Å². The monoisotopic (exact) mass is 265 g/mol. The van der Waals surface area contributed by atoms with Gasteiger partial charge in [-0.1, -0.05) is 6.07 Å². The van der Waals surface area contributed by atoms with Crippen LogP contribution in [0.1, 0.15) is 10.4 Å². The number of hydrogen-bond acceptors (Lipinski definition) is 3. The summed E-state index contributed by atoms with van der Waals surface area (Å²) in [6, 6.07) is 9.45. The highest BCUT2D eigenvalue weighted by atomic mass is 35.5. The van der Waals surface area contributed by atoms with E-state index in [1.807, 2.05) is 18.2 Å². The van der Waals surface area contributed by atoms with Gasteiger partial charge in [-0.25, -0.2) is 0 Å². The molecule has 0 unspecified atom stereocenters. The van der Waals surface area contributed by atoms with Crippen molar-refractivity contribution in [2.45, 2.75) is 6.54 Å². The molecule has 2 rings (SSSR count). The van der Waals surface area contributed by atoms with Gasteiger partial charge in [-0.05, 0) is 12.1 Å². The fourth-order valence-electron chi connectivity index (χ4n) is 1.55. The van der Waals surface area contributed by atoms with Gasteiger partial charge in [0.05, 0.1) is 5.56 Å². The third-order valence-electron chi connectivity index (χ3n) is 2.39. The van der Waals surface area contributed by atoms with E-state index in [0.29, 0.717) is 0 Å². The van der Waals surface area contributed by atoms with Crippen LogP contribution in [0.25, 0.3) is 0 Å². The topological polar surface area (TPSA) is 61.4 Å². The van der Waals surface area contributed by atoms with Gasteiger partial charge in [-0.15, -0.1) is 0 Å². The molecule has 2 N–H and O–H groups in total. The third-order valence-corrected chi connectivity index (χ3v) is 2.39. The van der Waals surface area contributed by atoms with Crippen LogP contribution in [0.4, 0.5) is 0 Å². The van der Waals surface area contributed by atoms with Crippen molar-refractivity contribution in [1.29, 1.82) is 0 Å². The summed E-state index contributed by atoms with van der Waals surface area (Å²) in [5, 5.41) is 18.7. The van der Waals surface area contributed by atoms with Gasteiger partial charge >= 0.3 is 0 Å². The van der Waals surface area contributed by atoms with Gasteiger partial charge in [-0.3, -0.25) is 4.79 Å². The van der Waals surface area contributed by atoms with Crippen molar-refractivity contribution in [3.63, 3.8) is 0 Å². The summed E-state index contributed by atoms with van der Waals surface area (Å²) >= 11 is 0. The Morgan fingerprint density at radius 1 is 1.11 bits per heavy atom. The average Bonchev–Trinajstić information content (AvgIpc) is 2.30. The van der Waals surface area contributed by atoms with E-state index < -0.39 is 0 Å². The highest BCUT2D eigenvalue weighted by Gasteiger charge is 2.15. The molecule has 0 saturated heterocycles. The number of rotatable bonds is 3. The van der Waals surface area contributed by atoms with E-state index in [1.54, 1.807) is 17.0 Å². The molecule has 0 saturated carbocycles. The van der Waals surface area contributed by atoms with E-state index in [2.05, 4.69) is 0 Å². The summed E-state index contributed by atoms with van der Waals surface area (Å²) in [7, 11) is 0. The average molecular weight is 266 g/mol. The second kappa shape index (κ2) is 6.02. The number of carbonyl (C=O) groups excluding carboxylic acids is 1. The molecule has 0 amide bonds. The molecule has 18 heavy (non-hydrogen) atoms. The molecule has 4 nitrogen and oxygen atoms in total. The number of carbonyl (C=O) groups is 1. The molecule has 0 aliphatic heterocycles. The molecule has 0 fully saturated rings. The summed E-state index contributed by atoms with van der Waals surface area (Å²) in [6.07, 6.45) is 3.55. The standard InChI is InChI=1S/C13H11NO3.ClH/c15-10-4-5-11(12(16)8-10)13(17)9-14-6-2-1-3-7-14;/h1-8H,9H2,(H-,15,16,17);1H. The number of phenols is 2. The van der Waals surface area contributed by atoms with Crippen LogP contribution in [-0.2, 0) is 6.54 Å². The van der Waals surface area contributed by atoms with Gasteiger partial charge in [0, 0.05) is 18.2 Å². The van der Waals surface area contributed by atoms with Crippen LogP contribution >= 0.6 is 0 Å². The molecule has 0 aliphatic rings. The van der Waals surface area contributed by atoms with Gasteiger partial charge < -0.3 is 22.6 Å². The van der Waals surface area contributed by atoms with Crippen LogP contribution in [0.15, 0.2) is 48.8 Å². The number of aromatic nitrogens is 1. The van der Waals surface area contributed by atoms with Gasteiger partial charge in [-0.2, -0.15) is 4.57 Å². The summed E-state index contributed by atoms with van der Waals surface area (Å²) in [5.41, 5.74) is 0.208. The second-order valence-corrected chi connectivity index (χ2v) is 3.67. The molecule has 0 aliphatic carbocycles. The molecule has 0 atom stereocenters. The fourth-order valence-corrected chi connectivity index (χ4v) is 1.55. The summed E-state index contributed by atoms with van der Waals surface area (Å²) in [5.74, 6) is -0.475. The van der Waals surface area contributed by atoms with Crippen molar-refractivity contribution in [2.24, 2.45) is 0 Å². The number of nitrogens with zero attached hydrogens (tertiary/aromatic N) is 1. The Kier molecular flexibility index (Phi) is 4.68. The van der Waals surface area contributed by atoms with Crippen molar-refractivity contribution >= 4 is 5.78 Å². The lowest BCUT2D eigenvalue weighted by atomic mass is 10.1. The predicted molar refractivity (Wildman–Crippen MR) is 60.7 cm³/mol. The highest BCUT2D eigenvalue weighted by molar-refractivity contribution is 5.97. The zero-order valence-corrected chi connectivity index (χ0v) is 10.2. The summed E-state index contributed by atoms with van der Waals surface area (Å²) < 4.78 is 1.72. The lowest BCUT2D eigenvalue weighted by Crippen LogP contribution is -3.00. The maximum atomic E-state index is 11.9. The largest absolute Gasteiger partial charge is 1.00 e. The van der Waals surface area contributed by atoms with E-state index in [1.165, 1.54) is 12.1 Å². The number of benzene rings is 1. The van der Waals surface area contributed by atoms with Crippen molar-refractivity contribution in [1.82, 2.24) is 0 Å². The number of pyridine rings is 1. The molecular weight excluding hydrogens is 254 g/mol. The number of halogens is 1. The van der Waals surface area contributed by atoms with Gasteiger partial charge in [0.25, 0.3) is 0 Å². The minimum atomic E-state index is -0.210. The Bertz CT molecular complexity index is 543. The minimum Gasteiger partial charge on any atom is -1.00 e. The number of Topliss-reactive ketones (excluding diaryl/α,β-unsaturated/α-hetero) is 1. The Morgan fingerprint density at radius 2 is 1.78 bits per heavy atom. The first-order valence-electron chi connectivity index (χ1n) is 5.16. The first kappa shape index (κ1) is 14.0. The second-order valence-electron chi connectivity index (χ2n) is 3.67. The van der Waals surface area contributed by atoms with Crippen molar-refractivity contribution in [2.75, 3.05) is 0 Å². The van der Waals surface area contributed by atoms with E-state index in [0.717, 1.165) is 6.07 Å². The quantitative estimate of drug-likeness (QED) is 0.512. The molecule has 1 heterocycles. The van der Waals surface area contributed by atoms with Gasteiger partial charge in [0.1, 0.15) is 11.5 Å². The van der Waals surface area contributed by atoms with E-state index >= 15 is 0 Å². The lowest BCUT2D eigenvalue weighted by molar-refractivity contribution is -0.683. The number of ketones is 1. The van der Waals surface area contributed by atoms with Crippen LogP contribution in [0.5, 0.6) is 11.5 Å². The highest BCUT2D eigenvalue weighted by Crippen LogP contribution is 2.22. The Labute approximate surface area is 111 Å². The van der Waals surface area contributed by atoms with Crippen molar-refractivity contribution < 1.29 is 32.0 Å². The first-order valence-corrected chi connectivity index (χ1v) is 5.16. The molecule has 0 bridgehead atoms. The van der Waals surface area contributed by atoms with E-state index in [-0.39, 0.29) is 41.8 Å². The number of phenolic OH excluding ortho intramolecular Hbond substituents is 2. The molecule has 1 aromatic heterocycles. The van der Waals surface area contributed by atoms with Crippen LogP contribution in [-0.4, -0.2) is 16.0 Å². The van der Waals surface area contributed by atoms with E-state index in [4.69, 9.17) is 5.11 Å². The van der Waals surface area contributed by atoms with Crippen LogP contribution < -0.4 is 17.0 Å². The van der Waals surface area contributed by atoms with Crippen LogP contribution in [0.3, 0.4) is 0 Å². The Hall–Kier alpha value is -2.07. The normalized spacial score (nSPS) is 9.56. The fraction of sp³-hybridized carbons (Fsp3) is 0.0769. The predicted octanol–water partition coefficient (Wildman–Crippen LogP) is -1.73. The SMILES string of the molecule is O=C(C[n+]1ccccc1)c1ccc(O)cc1O.[Cl-]. The van der Waals surface area contributed by atoms with Crippen molar-refractivity contribution in [3.05, 3.63) is 54.4 Å². The van der Waals surface area contributed by atoms with Crippen LogP contribution in [0, 0.1) is 0 Å². The zero-order chi connectivity index (χ0) is 12.3. The molecule has 0 spiro atoms. The van der Waals surface area contributed by atoms with Crippen LogP contribution in [0.2, 0.25) is 0 Å². The third kappa shape index (κ3) is 3.21. The Balaban J connectivity index is 0.00000162. The molecule has 5 heteroatoms. The number of hydrogen-bond donors (Lipinski definition) is 2. The lowest BCUT2D eigenvalue weighted by Gasteiger charge is -2.02.